The summed E-state index contributed by atoms with van der Waals surface area (Å²) in [5.41, 5.74) is 5.45. The number of thiophene rings is 1. The number of nitrogens with one attached hydrogen (secondary N) is 2. The van der Waals surface area contributed by atoms with Gasteiger partial charge in [-0.15, -0.1) is 21.5 Å². The first kappa shape index (κ1) is 19.2. The minimum atomic E-state index is -0.224. The molecule has 0 fully saturated rings. The fourth-order valence-electron chi connectivity index (χ4n) is 2.91. The molecule has 0 bridgehead atoms. The third kappa shape index (κ3) is 4.18. The predicted molar refractivity (Wildman–Crippen MR) is 121 cm³/mol. The number of amides is 1. The van der Waals surface area contributed by atoms with Crippen LogP contribution >= 0.6 is 23.6 Å². The number of carbonyl (C=O) groups excluding carboxylic acids is 1. The van der Waals surface area contributed by atoms with Crippen molar-refractivity contribution in [3.05, 3.63) is 69.9 Å². The molecular formula is C21H19N5OS2. The summed E-state index contributed by atoms with van der Waals surface area (Å²) in [4.78, 5) is 14.4. The molecule has 0 aliphatic carbocycles. The maximum Gasteiger partial charge on any atom is 0.267 e. The van der Waals surface area contributed by atoms with E-state index in [1.807, 2.05) is 42.6 Å². The monoisotopic (exact) mass is 421 g/mol. The van der Waals surface area contributed by atoms with Crippen LogP contribution in [-0.2, 0) is 6.42 Å². The maximum atomic E-state index is 12.2. The zero-order chi connectivity index (χ0) is 20.4. The van der Waals surface area contributed by atoms with E-state index in [1.54, 1.807) is 10.9 Å². The molecule has 2 N–H and O–H groups in total. The molecule has 0 unspecified atom stereocenters. The Labute approximate surface area is 177 Å². The molecule has 0 aliphatic heterocycles. The molecule has 0 saturated carbocycles. The molecule has 4 rings (SSSR count). The van der Waals surface area contributed by atoms with Crippen LogP contribution in [0.2, 0.25) is 0 Å². The lowest BCUT2D eigenvalue weighted by molar-refractivity contribution is 0.0981. The van der Waals surface area contributed by atoms with Gasteiger partial charge in [0.2, 0.25) is 0 Å². The first-order chi connectivity index (χ1) is 14.0. The zero-order valence-electron chi connectivity index (χ0n) is 16.0. The van der Waals surface area contributed by atoms with Gasteiger partial charge in [-0.05, 0) is 72.4 Å². The van der Waals surface area contributed by atoms with Crippen LogP contribution < -0.4 is 10.6 Å². The van der Waals surface area contributed by atoms with Gasteiger partial charge in [0.15, 0.2) is 5.11 Å². The third-order valence-electron chi connectivity index (χ3n) is 4.52. The lowest BCUT2D eigenvalue weighted by atomic mass is 10.2. The molecule has 146 valence electrons. The standard InChI is InChI=1S/C21H19N5OS2/c1-3-14-6-8-15(9-7-14)26-24-17-11-13(2)16(12-18(17)25-26)22-21(28)23-20(27)19-5-4-10-29-19/h4-12H,3H2,1-2H3,(H2,22,23,27,28). The number of aromatic nitrogens is 3. The number of fused-ring (bicyclic) bond motifs is 1. The second-order valence-corrected chi connectivity index (χ2v) is 7.91. The minimum Gasteiger partial charge on any atom is -0.332 e. The highest BCUT2D eigenvalue weighted by atomic mass is 32.1. The van der Waals surface area contributed by atoms with E-state index >= 15 is 0 Å². The number of benzene rings is 2. The van der Waals surface area contributed by atoms with Gasteiger partial charge in [-0.2, -0.15) is 4.80 Å². The quantitative estimate of drug-likeness (QED) is 0.476. The van der Waals surface area contributed by atoms with Crippen molar-refractivity contribution in [3.8, 4) is 5.69 Å². The van der Waals surface area contributed by atoms with Crippen LogP contribution in [0.15, 0.2) is 53.9 Å². The summed E-state index contributed by atoms with van der Waals surface area (Å²) in [7, 11) is 0. The van der Waals surface area contributed by atoms with Crippen molar-refractivity contribution < 1.29 is 4.79 Å². The molecule has 4 aromatic rings. The van der Waals surface area contributed by atoms with Gasteiger partial charge >= 0.3 is 0 Å². The Hall–Kier alpha value is -3.10. The Bertz CT molecular complexity index is 1180. The summed E-state index contributed by atoms with van der Waals surface area (Å²) in [6.07, 6.45) is 0.992. The normalized spacial score (nSPS) is 10.8. The molecule has 0 radical (unpaired) electrons. The number of rotatable bonds is 4. The molecule has 1 amide bonds. The second kappa shape index (κ2) is 8.10. The number of hydrogen-bond acceptors (Lipinski definition) is 5. The smallest absolute Gasteiger partial charge is 0.267 e. The molecule has 2 heterocycles. The zero-order valence-corrected chi connectivity index (χ0v) is 17.6. The van der Waals surface area contributed by atoms with Crippen LogP contribution in [0.4, 0.5) is 5.69 Å². The molecule has 2 aromatic carbocycles. The molecule has 8 heteroatoms. The van der Waals surface area contributed by atoms with Crippen molar-refractivity contribution in [1.82, 2.24) is 20.3 Å². The number of carbonyl (C=O) groups is 1. The average Bonchev–Trinajstić information content (AvgIpc) is 3.38. The minimum absolute atomic E-state index is 0.224. The molecule has 0 spiro atoms. The van der Waals surface area contributed by atoms with Crippen LogP contribution in [0.1, 0.15) is 27.7 Å². The molecule has 0 atom stereocenters. The van der Waals surface area contributed by atoms with E-state index in [-0.39, 0.29) is 11.0 Å². The average molecular weight is 422 g/mol. The fraction of sp³-hybridized carbons (Fsp3) is 0.143. The highest BCUT2D eigenvalue weighted by molar-refractivity contribution is 7.80. The van der Waals surface area contributed by atoms with E-state index in [4.69, 9.17) is 12.2 Å². The van der Waals surface area contributed by atoms with Crippen molar-refractivity contribution in [2.24, 2.45) is 0 Å². The summed E-state index contributed by atoms with van der Waals surface area (Å²) in [5, 5.41) is 17.0. The van der Waals surface area contributed by atoms with Crippen molar-refractivity contribution in [1.29, 1.82) is 0 Å². The molecule has 0 aliphatic rings. The van der Waals surface area contributed by atoms with Gasteiger partial charge in [0.1, 0.15) is 11.0 Å². The number of hydrogen-bond donors (Lipinski definition) is 2. The third-order valence-corrected chi connectivity index (χ3v) is 5.59. The summed E-state index contributed by atoms with van der Waals surface area (Å²) in [5.74, 6) is -0.224. The van der Waals surface area contributed by atoms with Crippen LogP contribution in [-0.4, -0.2) is 26.0 Å². The van der Waals surface area contributed by atoms with Crippen LogP contribution in [0.25, 0.3) is 16.7 Å². The maximum absolute atomic E-state index is 12.2. The van der Waals surface area contributed by atoms with Gasteiger partial charge in [0.05, 0.1) is 10.6 Å². The lowest BCUT2D eigenvalue weighted by Gasteiger charge is -2.11. The Morgan fingerprint density at radius 3 is 2.52 bits per heavy atom. The molecule has 0 saturated heterocycles. The first-order valence-electron chi connectivity index (χ1n) is 9.16. The van der Waals surface area contributed by atoms with Crippen LogP contribution in [0.5, 0.6) is 0 Å². The molecule has 6 nitrogen and oxygen atoms in total. The summed E-state index contributed by atoms with van der Waals surface area (Å²) >= 11 is 6.66. The summed E-state index contributed by atoms with van der Waals surface area (Å²) < 4.78 is 0. The topological polar surface area (TPSA) is 71.8 Å². The first-order valence-corrected chi connectivity index (χ1v) is 10.4. The van der Waals surface area contributed by atoms with Crippen molar-refractivity contribution in [3.63, 3.8) is 0 Å². The van der Waals surface area contributed by atoms with E-state index in [9.17, 15) is 4.79 Å². The van der Waals surface area contributed by atoms with Gasteiger partial charge in [-0.25, -0.2) is 0 Å². The molecule has 29 heavy (non-hydrogen) atoms. The van der Waals surface area contributed by atoms with Gasteiger partial charge in [-0.1, -0.05) is 25.1 Å². The Balaban J connectivity index is 1.55. The van der Waals surface area contributed by atoms with E-state index < -0.39 is 0 Å². The molecular weight excluding hydrogens is 402 g/mol. The number of thiocarbonyl (C=S) groups is 1. The predicted octanol–water partition coefficient (Wildman–Crippen LogP) is 4.48. The second-order valence-electron chi connectivity index (χ2n) is 6.55. The highest BCUT2D eigenvalue weighted by Gasteiger charge is 2.12. The van der Waals surface area contributed by atoms with Gasteiger partial charge in [-0.3, -0.25) is 10.1 Å². The number of nitrogens with zero attached hydrogens (tertiary/aromatic N) is 3. The lowest BCUT2D eigenvalue weighted by Crippen LogP contribution is -2.33. The SMILES string of the molecule is CCc1ccc(-n2nc3cc(C)c(NC(=S)NC(=O)c4cccs4)cc3n2)cc1. The summed E-state index contributed by atoms with van der Waals surface area (Å²) in [6.45, 7) is 4.08. The Morgan fingerprint density at radius 2 is 1.86 bits per heavy atom. The van der Waals surface area contributed by atoms with E-state index in [0.29, 0.717) is 4.88 Å². The van der Waals surface area contributed by atoms with E-state index in [2.05, 4.69) is 39.9 Å². The van der Waals surface area contributed by atoms with Crippen molar-refractivity contribution in [2.45, 2.75) is 20.3 Å². The van der Waals surface area contributed by atoms with Crippen molar-refractivity contribution in [2.75, 3.05) is 5.32 Å². The van der Waals surface area contributed by atoms with Gasteiger partial charge < -0.3 is 5.32 Å². The van der Waals surface area contributed by atoms with Crippen LogP contribution in [0.3, 0.4) is 0 Å². The van der Waals surface area contributed by atoms with Crippen molar-refractivity contribution >= 4 is 51.3 Å². The summed E-state index contributed by atoms with van der Waals surface area (Å²) in [6, 6.07) is 15.6. The van der Waals surface area contributed by atoms with E-state index in [1.165, 1.54) is 16.9 Å². The Kier molecular flexibility index (Phi) is 5.37. The Morgan fingerprint density at radius 1 is 1.14 bits per heavy atom. The number of anilines is 1. The van der Waals surface area contributed by atoms with Gasteiger partial charge in [0.25, 0.3) is 5.91 Å². The molecule has 2 aromatic heterocycles. The highest BCUT2D eigenvalue weighted by Crippen LogP contribution is 2.22. The van der Waals surface area contributed by atoms with Crippen LogP contribution in [0, 0.1) is 6.92 Å². The van der Waals surface area contributed by atoms with E-state index in [0.717, 1.165) is 34.4 Å². The fourth-order valence-corrected chi connectivity index (χ4v) is 3.73. The number of aryl methyl sites for hydroxylation is 2. The largest absolute Gasteiger partial charge is 0.332 e. The van der Waals surface area contributed by atoms with Gasteiger partial charge in [0, 0.05) is 5.69 Å².